The molecule has 0 radical (unpaired) electrons. The van der Waals surface area contributed by atoms with Gasteiger partial charge in [-0.3, -0.25) is 9.59 Å². The van der Waals surface area contributed by atoms with Crippen molar-refractivity contribution in [3.63, 3.8) is 0 Å². The number of rotatable bonds is 5. The van der Waals surface area contributed by atoms with Crippen molar-refractivity contribution in [1.82, 2.24) is 4.90 Å². The summed E-state index contributed by atoms with van der Waals surface area (Å²) >= 11 is 1.52. The molecule has 0 bridgehead atoms. The van der Waals surface area contributed by atoms with Gasteiger partial charge in [0, 0.05) is 10.4 Å². The summed E-state index contributed by atoms with van der Waals surface area (Å²) in [6, 6.07) is 15.9. The largest absolute Gasteiger partial charge is 0.507 e. The summed E-state index contributed by atoms with van der Waals surface area (Å²) in [6.45, 7) is 4.22. The Morgan fingerprint density at radius 1 is 1.06 bits per heavy atom. The molecule has 158 valence electrons. The highest BCUT2D eigenvalue weighted by Gasteiger charge is 2.46. The molecule has 3 aromatic rings. The van der Waals surface area contributed by atoms with Gasteiger partial charge in [-0.05, 0) is 60.2 Å². The molecule has 2 heterocycles. The van der Waals surface area contributed by atoms with Crippen LogP contribution in [0.5, 0.6) is 5.75 Å². The lowest BCUT2D eigenvalue weighted by atomic mass is 9.94. The zero-order chi connectivity index (χ0) is 22.1. The van der Waals surface area contributed by atoms with Crippen LogP contribution in [0.25, 0.3) is 5.76 Å². The van der Waals surface area contributed by atoms with Gasteiger partial charge in [0.2, 0.25) is 0 Å². The number of carbonyl (C=O) groups excluding carboxylic acids is 2. The first-order valence-electron chi connectivity index (χ1n) is 9.93. The quantitative estimate of drug-likeness (QED) is 0.350. The van der Waals surface area contributed by atoms with Crippen LogP contribution in [0, 0.1) is 13.8 Å². The van der Waals surface area contributed by atoms with Gasteiger partial charge in [0.05, 0.1) is 25.3 Å². The Kier molecular flexibility index (Phi) is 5.65. The lowest BCUT2D eigenvalue weighted by Crippen LogP contribution is -2.28. The van der Waals surface area contributed by atoms with Gasteiger partial charge in [-0.1, -0.05) is 30.3 Å². The molecule has 0 saturated carbocycles. The van der Waals surface area contributed by atoms with E-state index >= 15 is 0 Å². The van der Waals surface area contributed by atoms with E-state index in [1.165, 1.54) is 16.2 Å². The van der Waals surface area contributed by atoms with Gasteiger partial charge >= 0.3 is 0 Å². The Morgan fingerprint density at radius 3 is 2.42 bits per heavy atom. The van der Waals surface area contributed by atoms with Crippen molar-refractivity contribution >= 4 is 28.8 Å². The van der Waals surface area contributed by atoms with Crippen molar-refractivity contribution in [1.29, 1.82) is 0 Å². The third-order valence-corrected chi connectivity index (χ3v) is 6.52. The molecular formula is C25H23NO4S. The fourth-order valence-electron chi connectivity index (χ4n) is 3.79. The second-order valence-corrected chi connectivity index (χ2v) is 8.61. The molecule has 6 heteroatoms. The smallest absolute Gasteiger partial charge is 0.295 e. The van der Waals surface area contributed by atoms with E-state index in [0.29, 0.717) is 17.9 Å². The van der Waals surface area contributed by atoms with Crippen LogP contribution in [0.3, 0.4) is 0 Å². The van der Waals surface area contributed by atoms with Crippen molar-refractivity contribution in [2.75, 3.05) is 7.11 Å². The monoisotopic (exact) mass is 433 g/mol. The number of benzene rings is 2. The summed E-state index contributed by atoms with van der Waals surface area (Å²) < 4.78 is 5.25. The Hall–Kier alpha value is -3.38. The maximum absolute atomic E-state index is 13.1. The highest BCUT2D eigenvalue weighted by atomic mass is 32.1. The predicted octanol–water partition coefficient (Wildman–Crippen LogP) is 5.00. The third kappa shape index (κ3) is 3.86. The van der Waals surface area contributed by atoms with E-state index in [1.54, 1.807) is 25.3 Å². The molecule has 1 aliphatic heterocycles. The van der Waals surface area contributed by atoms with E-state index in [2.05, 4.69) is 0 Å². The van der Waals surface area contributed by atoms with E-state index < -0.39 is 17.7 Å². The number of ether oxygens (including phenoxy) is 1. The second kappa shape index (κ2) is 8.40. The summed E-state index contributed by atoms with van der Waals surface area (Å²) in [4.78, 5) is 28.6. The summed E-state index contributed by atoms with van der Waals surface area (Å²) in [5.41, 5.74) is 3.45. The zero-order valence-electron chi connectivity index (χ0n) is 17.6. The Balaban J connectivity index is 1.86. The molecule has 5 nitrogen and oxygen atoms in total. The number of aliphatic hydroxyl groups excluding tert-OH is 1. The van der Waals surface area contributed by atoms with E-state index in [4.69, 9.17) is 4.74 Å². The van der Waals surface area contributed by atoms with E-state index in [-0.39, 0.29) is 11.3 Å². The van der Waals surface area contributed by atoms with Gasteiger partial charge in [0.15, 0.2) is 0 Å². The molecule has 1 aromatic heterocycles. The van der Waals surface area contributed by atoms with E-state index in [9.17, 15) is 14.7 Å². The normalized spacial score (nSPS) is 17.9. The zero-order valence-corrected chi connectivity index (χ0v) is 18.4. The number of ketones is 1. The highest BCUT2D eigenvalue weighted by Crippen LogP contribution is 2.41. The number of aliphatic hydroxyl groups is 1. The van der Waals surface area contributed by atoms with Crippen molar-refractivity contribution in [3.8, 4) is 5.75 Å². The molecule has 1 atom stereocenters. The van der Waals surface area contributed by atoms with Crippen LogP contribution in [0.4, 0.5) is 0 Å². The SMILES string of the molecule is COc1ccc(C2/C(=C(/O)c3ccc(C)c(C)c3)C(=O)C(=O)N2Cc2cccs2)cc1. The molecule has 4 rings (SSSR count). The Morgan fingerprint density at radius 2 is 1.81 bits per heavy atom. The highest BCUT2D eigenvalue weighted by molar-refractivity contribution is 7.09. The molecule has 0 aliphatic carbocycles. The van der Waals surface area contributed by atoms with Crippen molar-refractivity contribution in [2.24, 2.45) is 0 Å². The molecule has 1 unspecified atom stereocenters. The molecular weight excluding hydrogens is 410 g/mol. The first kappa shape index (κ1) is 20.9. The number of hydrogen-bond donors (Lipinski definition) is 1. The number of methoxy groups -OCH3 is 1. The molecule has 1 amide bonds. The molecule has 31 heavy (non-hydrogen) atoms. The number of aryl methyl sites for hydroxylation is 2. The minimum Gasteiger partial charge on any atom is -0.507 e. The van der Waals surface area contributed by atoms with Crippen LogP contribution in [-0.2, 0) is 16.1 Å². The second-order valence-electron chi connectivity index (χ2n) is 7.58. The molecule has 0 spiro atoms. The number of likely N-dealkylation sites (tertiary alicyclic amines) is 1. The molecule has 1 fully saturated rings. The van der Waals surface area contributed by atoms with Crippen molar-refractivity contribution in [3.05, 3.63) is 92.7 Å². The number of amides is 1. The number of Topliss-reactive ketones (excluding diaryl/α,β-unsaturated/α-hetero) is 1. The summed E-state index contributed by atoms with van der Waals surface area (Å²) in [5.74, 6) is -0.767. The van der Waals surface area contributed by atoms with Gasteiger partial charge in [0.1, 0.15) is 11.5 Å². The molecule has 1 N–H and O–H groups in total. The Labute approximate surface area is 185 Å². The summed E-state index contributed by atoms with van der Waals surface area (Å²) in [5, 5.41) is 13.1. The average Bonchev–Trinajstić information content (AvgIpc) is 3.38. The van der Waals surface area contributed by atoms with Crippen LogP contribution < -0.4 is 4.74 Å². The summed E-state index contributed by atoms with van der Waals surface area (Å²) in [6.07, 6.45) is 0. The third-order valence-electron chi connectivity index (χ3n) is 5.66. The minimum atomic E-state index is -0.686. The molecule has 2 aromatic carbocycles. The average molecular weight is 434 g/mol. The molecule has 1 aliphatic rings. The summed E-state index contributed by atoms with van der Waals surface area (Å²) in [7, 11) is 1.58. The van der Waals surface area contributed by atoms with Gasteiger partial charge in [-0.2, -0.15) is 0 Å². The van der Waals surface area contributed by atoms with Gasteiger partial charge in [0.25, 0.3) is 11.7 Å². The van der Waals surface area contributed by atoms with Crippen LogP contribution in [0.2, 0.25) is 0 Å². The van der Waals surface area contributed by atoms with Crippen molar-refractivity contribution in [2.45, 2.75) is 26.4 Å². The van der Waals surface area contributed by atoms with Crippen LogP contribution in [0.15, 0.2) is 65.6 Å². The maximum atomic E-state index is 13.1. The number of thiophene rings is 1. The lowest BCUT2D eigenvalue weighted by molar-refractivity contribution is -0.140. The first-order chi connectivity index (χ1) is 14.9. The van der Waals surface area contributed by atoms with E-state index in [1.807, 2.05) is 55.6 Å². The maximum Gasteiger partial charge on any atom is 0.295 e. The van der Waals surface area contributed by atoms with Crippen LogP contribution in [-0.4, -0.2) is 28.8 Å². The van der Waals surface area contributed by atoms with Gasteiger partial charge in [-0.15, -0.1) is 11.3 Å². The molecule has 1 saturated heterocycles. The van der Waals surface area contributed by atoms with Crippen molar-refractivity contribution < 1.29 is 19.4 Å². The minimum absolute atomic E-state index is 0.106. The van der Waals surface area contributed by atoms with Gasteiger partial charge in [-0.25, -0.2) is 0 Å². The number of hydrogen-bond acceptors (Lipinski definition) is 5. The fraction of sp³-hybridized carbons (Fsp3) is 0.200. The Bertz CT molecular complexity index is 1160. The fourth-order valence-corrected chi connectivity index (χ4v) is 4.49. The standard InChI is InChI=1S/C25H23NO4S/c1-15-6-7-18(13-16(15)2)23(27)21-22(17-8-10-19(30-3)11-9-17)26(25(29)24(21)28)14-20-5-4-12-31-20/h4-13,22,27H,14H2,1-3H3/b23-21-. The van der Waals surface area contributed by atoms with Gasteiger partial charge < -0.3 is 14.7 Å². The number of carbonyl (C=O) groups is 2. The number of nitrogens with zero attached hydrogens (tertiary/aromatic N) is 1. The van der Waals surface area contributed by atoms with Crippen LogP contribution in [0.1, 0.15) is 33.2 Å². The van der Waals surface area contributed by atoms with E-state index in [0.717, 1.165) is 21.6 Å². The first-order valence-corrected chi connectivity index (χ1v) is 10.8. The van der Waals surface area contributed by atoms with Crippen LogP contribution >= 0.6 is 11.3 Å². The lowest BCUT2D eigenvalue weighted by Gasteiger charge is -2.25. The predicted molar refractivity (Wildman–Crippen MR) is 121 cm³/mol. The topological polar surface area (TPSA) is 66.8 Å².